The SMILES string of the molecule is NC(=O)c1cnccc1N1C(=O)NC(=O)C(=O)C1=O. The molecule has 0 aliphatic carbocycles. The van der Waals surface area contributed by atoms with Crippen LogP contribution in [0.25, 0.3) is 0 Å². The van der Waals surface area contributed by atoms with Crippen LogP contribution in [0, 0.1) is 0 Å². The molecule has 0 saturated carbocycles. The third-order valence-corrected chi connectivity index (χ3v) is 2.33. The molecule has 5 amide bonds. The summed E-state index contributed by atoms with van der Waals surface area (Å²) in [5.74, 6) is -5.02. The average molecular weight is 262 g/mol. The highest BCUT2D eigenvalue weighted by atomic mass is 16.2. The van der Waals surface area contributed by atoms with Gasteiger partial charge in [-0.3, -0.25) is 29.5 Å². The van der Waals surface area contributed by atoms with Crippen molar-refractivity contribution in [2.45, 2.75) is 0 Å². The number of hydrogen-bond acceptors (Lipinski definition) is 6. The van der Waals surface area contributed by atoms with Crippen LogP contribution in [-0.2, 0) is 14.4 Å². The summed E-state index contributed by atoms with van der Waals surface area (Å²) in [6.45, 7) is 0. The van der Waals surface area contributed by atoms with E-state index in [4.69, 9.17) is 5.73 Å². The van der Waals surface area contributed by atoms with Crippen LogP contribution < -0.4 is 16.0 Å². The Balaban J connectivity index is 2.55. The molecule has 1 saturated heterocycles. The largest absolute Gasteiger partial charge is 0.365 e. The van der Waals surface area contributed by atoms with Crippen molar-refractivity contribution < 1.29 is 24.0 Å². The number of pyridine rings is 1. The van der Waals surface area contributed by atoms with Crippen molar-refractivity contribution in [1.82, 2.24) is 10.3 Å². The first kappa shape index (κ1) is 12.4. The Morgan fingerprint density at radius 1 is 1.26 bits per heavy atom. The number of carbonyl (C=O) groups is 5. The van der Waals surface area contributed by atoms with Crippen molar-refractivity contribution in [3.63, 3.8) is 0 Å². The van der Waals surface area contributed by atoms with E-state index in [1.54, 1.807) is 5.32 Å². The number of nitrogens with two attached hydrogens (primary N) is 1. The number of rotatable bonds is 2. The maximum Gasteiger partial charge on any atom is 0.336 e. The molecule has 2 heterocycles. The van der Waals surface area contributed by atoms with Gasteiger partial charge in [0, 0.05) is 12.4 Å². The molecule has 9 heteroatoms. The molecule has 0 spiro atoms. The first-order valence-corrected chi connectivity index (χ1v) is 4.91. The first-order chi connectivity index (χ1) is 8.93. The van der Waals surface area contributed by atoms with Crippen LogP contribution in [0.5, 0.6) is 0 Å². The van der Waals surface area contributed by atoms with Crippen LogP contribution in [-0.4, -0.2) is 34.5 Å². The third kappa shape index (κ3) is 1.92. The lowest BCUT2D eigenvalue weighted by Crippen LogP contribution is -2.59. The second-order valence-corrected chi connectivity index (χ2v) is 3.49. The summed E-state index contributed by atoms with van der Waals surface area (Å²) in [7, 11) is 0. The lowest BCUT2D eigenvalue weighted by molar-refractivity contribution is -0.145. The monoisotopic (exact) mass is 262 g/mol. The van der Waals surface area contributed by atoms with Crippen molar-refractivity contribution in [3.05, 3.63) is 24.0 Å². The van der Waals surface area contributed by atoms with E-state index >= 15 is 0 Å². The topological polar surface area (TPSA) is 140 Å². The molecular weight excluding hydrogens is 256 g/mol. The van der Waals surface area contributed by atoms with Gasteiger partial charge in [0.05, 0.1) is 11.3 Å². The first-order valence-electron chi connectivity index (χ1n) is 4.91. The predicted molar refractivity (Wildman–Crippen MR) is 58.8 cm³/mol. The number of Topliss-reactive ketones (excluding diaryl/α,β-unsaturated/α-hetero) is 1. The molecule has 1 aromatic rings. The summed E-state index contributed by atoms with van der Waals surface area (Å²) in [4.78, 5) is 60.6. The highest BCUT2D eigenvalue weighted by Gasteiger charge is 2.41. The van der Waals surface area contributed by atoms with Crippen molar-refractivity contribution in [2.24, 2.45) is 5.73 Å². The molecule has 9 nitrogen and oxygen atoms in total. The van der Waals surface area contributed by atoms with Crippen LogP contribution in [0.1, 0.15) is 10.4 Å². The number of hydrogen-bond donors (Lipinski definition) is 2. The van der Waals surface area contributed by atoms with Crippen molar-refractivity contribution in [1.29, 1.82) is 0 Å². The van der Waals surface area contributed by atoms with Crippen molar-refractivity contribution in [3.8, 4) is 0 Å². The maximum absolute atomic E-state index is 11.6. The van der Waals surface area contributed by atoms with Crippen molar-refractivity contribution in [2.75, 3.05) is 4.90 Å². The zero-order valence-corrected chi connectivity index (χ0v) is 9.25. The number of ketones is 1. The Hall–Kier alpha value is -3.10. The quantitative estimate of drug-likeness (QED) is 0.611. The highest BCUT2D eigenvalue weighted by Crippen LogP contribution is 2.21. The number of nitrogens with one attached hydrogen (secondary N) is 1. The van der Waals surface area contributed by atoms with Crippen LogP contribution in [0.4, 0.5) is 10.5 Å². The van der Waals surface area contributed by atoms with E-state index in [0.29, 0.717) is 4.90 Å². The fraction of sp³-hybridized carbons (Fsp3) is 0. The third-order valence-electron chi connectivity index (χ3n) is 2.33. The van der Waals surface area contributed by atoms with Gasteiger partial charge in [-0.2, -0.15) is 0 Å². The smallest absolute Gasteiger partial charge is 0.336 e. The van der Waals surface area contributed by atoms with Gasteiger partial charge in [0.15, 0.2) is 0 Å². The Morgan fingerprint density at radius 3 is 2.58 bits per heavy atom. The molecule has 2 rings (SSSR count). The zero-order valence-electron chi connectivity index (χ0n) is 9.25. The molecule has 0 atom stereocenters. The standard InChI is InChI=1S/C10H6N4O5/c11-7(16)4-3-12-2-1-5(4)14-9(18)6(15)8(17)13-10(14)19/h1-3H,(H2,11,16)(H,13,17,19). The predicted octanol–water partition coefficient (Wildman–Crippen LogP) is -1.67. The summed E-state index contributed by atoms with van der Waals surface area (Å²) >= 11 is 0. The second kappa shape index (κ2) is 4.29. The Labute approximate surface area is 105 Å². The molecule has 0 aromatic carbocycles. The molecule has 19 heavy (non-hydrogen) atoms. The van der Waals surface area contributed by atoms with E-state index in [0.717, 1.165) is 12.3 Å². The minimum Gasteiger partial charge on any atom is -0.365 e. The minimum atomic E-state index is -1.41. The summed E-state index contributed by atoms with van der Waals surface area (Å²) in [5.41, 5.74) is 4.63. The normalized spacial score (nSPS) is 15.5. The van der Waals surface area contributed by atoms with Gasteiger partial charge >= 0.3 is 23.6 Å². The van der Waals surface area contributed by atoms with Gasteiger partial charge in [-0.15, -0.1) is 0 Å². The molecule has 1 aliphatic rings. The van der Waals surface area contributed by atoms with Gasteiger partial charge < -0.3 is 5.73 Å². The summed E-state index contributed by atoms with van der Waals surface area (Å²) < 4.78 is 0. The van der Waals surface area contributed by atoms with Crippen molar-refractivity contribution >= 4 is 35.2 Å². The van der Waals surface area contributed by atoms with E-state index in [-0.39, 0.29) is 11.3 Å². The molecular formula is C10H6N4O5. The zero-order chi connectivity index (χ0) is 14.2. The van der Waals surface area contributed by atoms with Crippen LogP contribution >= 0.6 is 0 Å². The van der Waals surface area contributed by atoms with Gasteiger partial charge in [-0.1, -0.05) is 0 Å². The number of imide groups is 2. The van der Waals surface area contributed by atoms with Crippen LogP contribution in [0.2, 0.25) is 0 Å². The number of nitrogens with zero attached hydrogens (tertiary/aromatic N) is 2. The second-order valence-electron chi connectivity index (χ2n) is 3.49. The molecule has 0 unspecified atom stereocenters. The van der Waals surface area contributed by atoms with E-state index < -0.39 is 29.5 Å². The summed E-state index contributed by atoms with van der Waals surface area (Å²) in [6.07, 6.45) is 2.24. The molecule has 1 aromatic heterocycles. The minimum absolute atomic E-state index is 0.217. The Kier molecular flexibility index (Phi) is 2.79. The van der Waals surface area contributed by atoms with Gasteiger partial charge in [0.25, 0.3) is 5.91 Å². The maximum atomic E-state index is 11.6. The number of amides is 5. The number of barbiturate groups is 1. The van der Waals surface area contributed by atoms with E-state index in [9.17, 15) is 24.0 Å². The lowest BCUT2D eigenvalue weighted by atomic mass is 10.1. The molecule has 1 fully saturated rings. The Morgan fingerprint density at radius 2 is 1.95 bits per heavy atom. The number of aromatic nitrogens is 1. The number of carbonyl (C=O) groups excluding carboxylic acids is 5. The molecule has 1 aliphatic heterocycles. The fourth-order valence-corrected chi connectivity index (χ4v) is 1.49. The van der Waals surface area contributed by atoms with Crippen LogP contribution in [0.3, 0.4) is 0 Å². The number of anilines is 1. The summed E-state index contributed by atoms with van der Waals surface area (Å²) in [5, 5.41) is 1.68. The number of primary amides is 1. The molecule has 0 bridgehead atoms. The van der Waals surface area contributed by atoms with E-state index in [1.165, 1.54) is 6.20 Å². The van der Waals surface area contributed by atoms with Gasteiger partial charge in [-0.05, 0) is 6.07 Å². The van der Waals surface area contributed by atoms with E-state index in [2.05, 4.69) is 4.98 Å². The molecule has 0 radical (unpaired) electrons. The van der Waals surface area contributed by atoms with Gasteiger partial charge in [0.2, 0.25) is 0 Å². The number of urea groups is 1. The molecule has 3 N–H and O–H groups in total. The van der Waals surface area contributed by atoms with Gasteiger partial charge in [0.1, 0.15) is 0 Å². The van der Waals surface area contributed by atoms with E-state index in [1.807, 2.05) is 0 Å². The fourth-order valence-electron chi connectivity index (χ4n) is 1.49. The Bertz CT molecular complexity index is 639. The van der Waals surface area contributed by atoms with Crippen LogP contribution in [0.15, 0.2) is 18.5 Å². The average Bonchev–Trinajstić information content (AvgIpc) is 2.36. The highest BCUT2D eigenvalue weighted by molar-refractivity contribution is 6.70. The van der Waals surface area contributed by atoms with Gasteiger partial charge in [-0.25, -0.2) is 9.69 Å². The summed E-state index contributed by atoms with van der Waals surface area (Å²) in [6, 6.07) is 0.0176. The lowest BCUT2D eigenvalue weighted by Gasteiger charge is -2.24. The molecule has 96 valence electrons.